The van der Waals surface area contributed by atoms with Crippen molar-refractivity contribution in [3.8, 4) is 5.75 Å². The lowest BCUT2D eigenvalue weighted by Gasteiger charge is -2.37. The van der Waals surface area contributed by atoms with E-state index in [-0.39, 0.29) is 0 Å². The Morgan fingerprint density at radius 3 is 2.29 bits per heavy atom. The van der Waals surface area contributed by atoms with Gasteiger partial charge in [-0.05, 0) is 54.2 Å². The molecule has 0 amide bonds. The fraction of sp³-hybridized carbons (Fsp3) is 0.222. The van der Waals surface area contributed by atoms with Crippen LogP contribution >= 0.6 is 23.8 Å². The van der Waals surface area contributed by atoms with Crippen LogP contribution in [0.2, 0.25) is 5.02 Å². The van der Waals surface area contributed by atoms with E-state index in [4.69, 9.17) is 28.6 Å². The Morgan fingerprint density at radius 1 is 0.914 bits per heavy atom. The number of piperazine rings is 1. The second-order valence-corrected chi connectivity index (χ2v) is 9.28. The molecule has 2 heterocycles. The largest absolute Gasteiger partial charge is 0.497 e. The number of nitrogens with one attached hydrogen (secondary N) is 1. The average Bonchev–Trinajstić information content (AvgIpc) is 2.91. The van der Waals surface area contributed by atoms with Gasteiger partial charge < -0.3 is 19.9 Å². The number of benzene rings is 3. The van der Waals surface area contributed by atoms with Gasteiger partial charge in [0, 0.05) is 54.1 Å². The van der Waals surface area contributed by atoms with Crippen molar-refractivity contribution in [2.24, 2.45) is 0 Å². The van der Waals surface area contributed by atoms with Gasteiger partial charge in [-0.3, -0.25) is 0 Å². The number of halogens is 1. The van der Waals surface area contributed by atoms with Gasteiger partial charge in [-0.2, -0.15) is 5.10 Å². The Morgan fingerprint density at radius 2 is 1.60 bits per heavy atom. The highest BCUT2D eigenvalue weighted by Gasteiger charge is 2.22. The highest BCUT2D eigenvalue weighted by molar-refractivity contribution is 7.80. The molecule has 0 bridgehead atoms. The van der Waals surface area contributed by atoms with Gasteiger partial charge in [-0.1, -0.05) is 48.0 Å². The Hall–Kier alpha value is -3.42. The molecule has 1 N–H and O–H groups in total. The highest BCUT2D eigenvalue weighted by Crippen LogP contribution is 2.28. The van der Waals surface area contributed by atoms with Gasteiger partial charge in [-0.25, -0.2) is 0 Å². The van der Waals surface area contributed by atoms with Crippen LogP contribution in [0.15, 0.2) is 72.8 Å². The Bertz CT molecular complexity index is 1320. The topological polar surface area (TPSA) is 53.5 Å². The molecule has 1 aliphatic heterocycles. The van der Waals surface area contributed by atoms with Crippen molar-refractivity contribution in [1.82, 2.24) is 15.1 Å². The zero-order valence-electron chi connectivity index (χ0n) is 19.4. The van der Waals surface area contributed by atoms with E-state index in [9.17, 15) is 0 Å². The summed E-state index contributed by atoms with van der Waals surface area (Å²) in [6.07, 6.45) is 0.718. The van der Waals surface area contributed by atoms with Gasteiger partial charge in [0.1, 0.15) is 5.75 Å². The zero-order chi connectivity index (χ0) is 24.2. The van der Waals surface area contributed by atoms with E-state index >= 15 is 0 Å². The van der Waals surface area contributed by atoms with Gasteiger partial charge in [0.25, 0.3) is 0 Å². The van der Waals surface area contributed by atoms with E-state index in [1.807, 2.05) is 36.4 Å². The molecule has 0 aliphatic carbocycles. The summed E-state index contributed by atoms with van der Waals surface area (Å²) in [6.45, 7) is 3.25. The molecule has 3 aromatic carbocycles. The van der Waals surface area contributed by atoms with E-state index in [0.717, 1.165) is 71.4 Å². The molecule has 1 saturated heterocycles. The van der Waals surface area contributed by atoms with Crippen molar-refractivity contribution >= 4 is 51.2 Å². The van der Waals surface area contributed by atoms with Crippen LogP contribution < -0.4 is 15.0 Å². The van der Waals surface area contributed by atoms with Gasteiger partial charge >= 0.3 is 0 Å². The normalized spacial score (nSPS) is 13.7. The second kappa shape index (κ2) is 10.5. The molecule has 1 fully saturated rings. The number of hydrogen-bond donors (Lipinski definition) is 1. The second-order valence-electron chi connectivity index (χ2n) is 8.45. The number of methoxy groups -OCH3 is 1. The summed E-state index contributed by atoms with van der Waals surface area (Å²) in [5.41, 5.74) is 3.08. The molecule has 4 aromatic rings. The molecule has 0 atom stereocenters. The predicted octanol–water partition coefficient (Wildman–Crippen LogP) is 5.40. The molecule has 0 unspecified atom stereocenters. The van der Waals surface area contributed by atoms with E-state index in [0.29, 0.717) is 5.02 Å². The van der Waals surface area contributed by atoms with E-state index in [1.54, 1.807) is 7.11 Å². The fourth-order valence-corrected chi connectivity index (χ4v) is 4.73. The smallest absolute Gasteiger partial charge is 0.173 e. The third kappa shape index (κ3) is 5.31. The summed E-state index contributed by atoms with van der Waals surface area (Å²) >= 11 is 11.6. The molecule has 8 heteroatoms. The fourth-order valence-electron chi connectivity index (χ4n) is 4.30. The first-order chi connectivity index (χ1) is 17.1. The minimum atomic E-state index is 0.707. The summed E-state index contributed by atoms with van der Waals surface area (Å²) in [6, 6.07) is 24.1. The first-order valence-corrected chi connectivity index (χ1v) is 12.3. The first-order valence-electron chi connectivity index (χ1n) is 11.5. The lowest BCUT2D eigenvalue weighted by Crippen LogP contribution is -2.50. The Labute approximate surface area is 215 Å². The Kier molecular flexibility index (Phi) is 6.97. The maximum Gasteiger partial charge on any atom is 0.173 e. The van der Waals surface area contributed by atoms with Crippen molar-refractivity contribution in [2.75, 3.05) is 43.5 Å². The average molecular weight is 504 g/mol. The van der Waals surface area contributed by atoms with Crippen LogP contribution in [0.4, 0.5) is 11.5 Å². The number of rotatable bonds is 5. The summed E-state index contributed by atoms with van der Waals surface area (Å²) in [5, 5.41) is 16.3. The Balaban J connectivity index is 1.29. The van der Waals surface area contributed by atoms with Crippen LogP contribution in [-0.4, -0.2) is 53.5 Å². The quantitative estimate of drug-likeness (QED) is 0.366. The first kappa shape index (κ1) is 23.3. The van der Waals surface area contributed by atoms with Crippen LogP contribution in [0.3, 0.4) is 0 Å². The third-order valence-corrected chi connectivity index (χ3v) is 6.85. The van der Waals surface area contributed by atoms with Crippen LogP contribution in [0.1, 0.15) is 11.3 Å². The standard InChI is InChI=1S/C27H26ClN5OS/c1-34-22-12-6-19(7-13-22)18-25-23-4-2-3-5-24(23)26(31-30-25)32-14-16-33(17-15-32)27(35)29-21-10-8-20(28)9-11-21/h2-13H,14-18H2,1H3,(H,29,35). The summed E-state index contributed by atoms with van der Waals surface area (Å²) in [4.78, 5) is 4.49. The molecule has 0 saturated carbocycles. The van der Waals surface area contributed by atoms with Gasteiger partial charge in [-0.15, -0.1) is 5.10 Å². The zero-order valence-corrected chi connectivity index (χ0v) is 21.0. The maximum atomic E-state index is 5.98. The van der Waals surface area contributed by atoms with Crippen molar-refractivity contribution in [3.63, 3.8) is 0 Å². The minimum Gasteiger partial charge on any atom is -0.497 e. The molecule has 1 aliphatic rings. The molecule has 35 heavy (non-hydrogen) atoms. The van der Waals surface area contributed by atoms with Crippen LogP contribution in [0.5, 0.6) is 5.75 Å². The van der Waals surface area contributed by atoms with Gasteiger partial charge in [0.2, 0.25) is 0 Å². The molecular weight excluding hydrogens is 478 g/mol. The number of thiocarbonyl (C=S) groups is 1. The number of nitrogens with zero attached hydrogens (tertiary/aromatic N) is 4. The third-order valence-electron chi connectivity index (χ3n) is 6.24. The van der Waals surface area contributed by atoms with Crippen LogP contribution in [0.25, 0.3) is 10.8 Å². The maximum absolute atomic E-state index is 5.98. The summed E-state index contributed by atoms with van der Waals surface area (Å²) in [5.74, 6) is 1.78. The van der Waals surface area contributed by atoms with Gasteiger partial charge in [0.15, 0.2) is 10.9 Å². The van der Waals surface area contributed by atoms with Crippen LogP contribution in [0, 0.1) is 0 Å². The number of ether oxygens (including phenoxy) is 1. The molecule has 178 valence electrons. The van der Waals surface area contributed by atoms with Crippen molar-refractivity contribution in [1.29, 1.82) is 0 Å². The van der Waals surface area contributed by atoms with E-state index in [2.05, 4.69) is 61.7 Å². The molecule has 6 nitrogen and oxygen atoms in total. The summed E-state index contributed by atoms with van der Waals surface area (Å²) < 4.78 is 5.27. The molecule has 1 aromatic heterocycles. The van der Waals surface area contributed by atoms with E-state index in [1.165, 1.54) is 5.56 Å². The lowest BCUT2D eigenvalue weighted by molar-refractivity contribution is 0.389. The monoisotopic (exact) mass is 503 g/mol. The minimum absolute atomic E-state index is 0.707. The lowest BCUT2D eigenvalue weighted by atomic mass is 10.0. The molecule has 5 rings (SSSR count). The SMILES string of the molecule is COc1ccc(Cc2nnc(N3CCN(C(=S)Nc4ccc(Cl)cc4)CC3)c3ccccc23)cc1. The predicted molar refractivity (Wildman–Crippen MR) is 147 cm³/mol. The number of aromatic nitrogens is 2. The molecular formula is C27H26ClN5OS. The van der Waals surface area contributed by atoms with Crippen LogP contribution in [-0.2, 0) is 6.42 Å². The molecule has 0 spiro atoms. The number of anilines is 2. The van der Waals surface area contributed by atoms with E-state index < -0.39 is 0 Å². The number of hydrogen-bond acceptors (Lipinski definition) is 5. The van der Waals surface area contributed by atoms with Crippen molar-refractivity contribution in [2.45, 2.75) is 6.42 Å². The molecule has 0 radical (unpaired) electrons. The van der Waals surface area contributed by atoms with Crippen molar-refractivity contribution in [3.05, 3.63) is 89.1 Å². The number of fused-ring (bicyclic) bond motifs is 1. The highest BCUT2D eigenvalue weighted by atomic mass is 35.5. The van der Waals surface area contributed by atoms with Gasteiger partial charge in [0.05, 0.1) is 12.8 Å². The summed E-state index contributed by atoms with van der Waals surface area (Å²) in [7, 11) is 1.68. The van der Waals surface area contributed by atoms with Crippen molar-refractivity contribution < 1.29 is 4.74 Å².